The summed E-state index contributed by atoms with van der Waals surface area (Å²) in [5, 5.41) is 0. The van der Waals surface area contributed by atoms with Crippen LogP contribution in [0.5, 0.6) is 5.75 Å². The smallest absolute Gasteiger partial charge is 0.258 e. The fraction of sp³-hybridized carbons (Fsp3) is 0.235. The molecule has 2 aromatic rings. The first-order valence-electron chi connectivity index (χ1n) is 6.79. The number of nitrogens with zero attached hydrogens (tertiary/aromatic N) is 1. The Hall–Kier alpha value is -1.81. The molecule has 0 atom stereocenters. The van der Waals surface area contributed by atoms with Crippen molar-refractivity contribution >= 4 is 27.5 Å². The molecule has 4 heteroatoms. The summed E-state index contributed by atoms with van der Waals surface area (Å²) in [4.78, 5) is 14.5. The molecule has 3 nitrogen and oxygen atoms in total. The lowest BCUT2D eigenvalue weighted by atomic mass is 10.1. The predicted molar refractivity (Wildman–Crippen MR) is 89.2 cm³/mol. The van der Waals surface area contributed by atoms with Gasteiger partial charge in [-0.2, -0.15) is 0 Å². The van der Waals surface area contributed by atoms with Gasteiger partial charge in [-0.25, -0.2) is 0 Å². The minimum atomic E-state index is -0.0184. The number of hydrogen-bond acceptors (Lipinski definition) is 2. The van der Waals surface area contributed by atoms with Gasteiger partial charge in [0.2, 0.25) is 0 Å². The molecule has 0 saturated carbocycles. The molecule has 0 aliphatic heterocycles. The number of aryl methyl sites for hydroxylation is 1. The van der Waals surface area contributed by atoms with Gasteiger partial charge in [0.15, 0.2) is 0 Å². The van der Waals surface area contributed by atoms with Crippen LogP contribution >= 0.6 is 15.9 Å². The van der Waals surface area contributed by atoms with Gasteiger partial charge in [-0.05, 0) is 59.6 Å². The number of benzene rings is 2. The van der Waals surface area contributed by atoms with Gasteiger partial charge in [0.05, 0.1) is 11.6 Å². The number of carbonyl (C=O) groups is 1. The van der Waals surface area contributed by atoms with E-state index in [-0.39, 0.29) is 5.91 Å². The number of ether oxygens (including phenoxy) is 1. The van der Waals surface area contributed by atoms with E-state index in [4.69, 9.17) is 4.74 Å². The fourth-order valence-corrected chi connectivity index (χ4v) is 2.79. The number of para-hydroxylation sites is 1. The van der Waals surface area contributed by atoms with Gasteiger partial charge in [-0.1, -0.05) is 18.2 Å². The molecule has 2 rings (SSSR count). The average Bonchev–Trinajstić information content (AvgIpc) is 2.49. The van der Waals surface area contributed by atoms with Crippen LogP contribution in [0.1, 0.15) is 22.8 Å². The van der Waals surface area contributed by atoms with E-state index >= 15 is 0 Å². The number of rotatable bonds is 4. The normalized spacial score (nSPS) is 10.3. The fourth-order valence-electron chi connectivity index (χ4n) is 2.24. The molecule has 2 aromatic carbocycles. The lowest BCUT2D eigenvalue weighted by Crippen LogP contribution is -2.31. The summed E-state index contributed by atoms with van der Waals surface area (Å²) in [6.07, 6.45) is 0. The molecule has 0 heterocycles. The quantitative estimate of drug-likeness (QED) is 0.818. The van der Waals surface area contributed by atoms with E-state index in [0.29, 0.717) is 17.9 Å². The maximum atomic E-state index is 12.7. The molecular formula is C17H18BrNO2. The monoisotopic (exact) mass is 347 g/mol. The Morgan fingerprint density at radius 2 is 1.95 bits per heavy atom. The molecule has 0 fully saturated rings. The third-order valence-corrected chi connectivity index (χ3v) is 3.99. The van der Waals surface area contributed by atoms with Crippen LogP contribution in [-0.2, 0) is 0 Å². The Morgan fingerprint density at radius 1 is 1.24 bits per heavy atom. The van der Waals surface area contributed by atoms with Crippen molar-refractivity contribution in [1.29, 1.82) is 0 Å². The standard InChI is InChI=1S/C17H18BrNO2/c1-4-19(15-8-6-5-7-12(15)2)17(20)13-9-10-16(21-3)14(18)11-13/h5-11H,4H2,1-3H3. The van der Waals surface area contributed by atoms with Crippen LogP contribution in [-0.4, -0.2) is 19.6 Å². The van der Waals surface area contributed by atoms with Crippen molar-refractivity contribution in [3.8, 4) is 5.75 Å². The summed E-state index contributed by atoms with van der Waals surface area (Å²) in [5.74, 6) is 0.695. The van der Waals surface area contributed by atoms with Gasteiger partial charge < -0.3 is 9.64 Å². The van der Waals surface area contributed by atoms with Crippen molar-refractivity contribution in [3.05, 3.63) is 58.1 Å². The van der Waals surface area contributed by atoms with Gasteiger partial charge >= 0.3 is 0 Å². The van der Waals surface area contributed by atoms with E-state index in [1.165, 1.54) is 0 Å². The lowest BCUT2D eigenvalue weighted by molar-refractivity contribution is 0.0988. The molecular weight excluding hydrogens is 330 g/mol. The number of anilines is 1. The van der Waals surface area contributed by atoms with Crippen LogP contribution in [0.4, 0.5) is 5.69 Å². The van der Waals surface area contributed by atoms with Gasteiger partial charge in [0.25, 0.3) is 5.91 Å². The maximum absolute atomic E-state index is 12.7. The number of hydrogen-bond donors (Lipinski definition) is 0. The number of methoxy groups -OCH3 is 1. The second-order valence-electron chi connectivity index (χ2n) is 4.69. The van der Waals surface area contributed by atoms with Gasteiger partial charge in [0, 0.05) is 17.8 Å². The average molecular weight is 348 g/mol. The molecule has 0 aliphatic rings. The van der Waals surface area contributed by atoms with Crippen molar-refractivity contribution in [2.45, 2.75) is 13.8 Å². The second-order valence-corrected chi connectivity index (χ2v) is 5.54. The SMILES string of the molecule is CCN(C(=O)c1ccc(OC)c(Br)c1)c1ccccc1C. The Morgan fingerprint density at radius 3 is 2.52 bits per heavy atom. The zero-order valence-corrected chi connectivity index (χ0v) is 14.0. The Bertz CT molecular complexity index is 655. The highest BCUT2D eigenvalue weighted by Gasteiger charge is 2.18. The molecule has 0 unspecified atom stereocenters. The molecule has 1 amide bonds. The minimum Gasteiger partial charge on any atom is -0.496 e. The summed E-state index contributed by atoms with van der Waals surface area (Å²) >= 11 is 3.42. The van der Waals surface area contributed by atoms with Crippen LogP contribution in [0.2, 0.25) is 0 Å². The molecule has 0 N–H and O–H groups in total. The Balaban J connectivity index is 2.37. The van der Waals surface area contributed by atoms with E-state index in [0.717, 1.165) is 15.7 Å². The van der Waals surface area contributed by atoms with Crippen LogP contribution in [0, 0.1) is 6.92 Å². The Labute approximate surface area is 133 Å². The van der Waals surface area contributed by atoms with E-state index in [1.807, 2.05) is 38.1 Å². The molecule has 0 aliphatic carbocycles. The van der Waals surface area contributed by atoms with Gasteiger partial charge in [-0.15, -0.1) is 0 Å². The summed E-state index contributed by atoms with van der Waals surface area (Å²) in [5.41, 5.74) is 2.66. The largest absolute Gasteiger partial charge is 0.496 e. The molecule has 0 bridgehead atoms. The zero-order chi connectivity index (χ0) is 15.4. The summed E-state index contributed by atoms with van der Waals surface area (Å²) in [6, 6.07) is 13.3. The summed E-state index contributed by atoms with van der Waals surface area (Å²) in [7, 11) is 1.60. The number of carbonyl (C=O) groups excluding carboxylic acids is 1. The first kappa shape index (κ1) is 15.6. The van der Waals surface area contributed by atoms with Gasteiger partial charge in [-0.3, -0.25) is 4.79 Å². The van der Waals surface area contributed by atoms with Crippen molar-refractivity contribution in [1.82, 2.24) is 0 Å². The minimum absolute atomic E-state index is 0.0184. The topological polar surface area (TPSA) is 29.5 Å². The third-order valence-electron chi connectivity index (χ3n) is 3.37. The van der Waals surface area contributed by atoms with Gasteiger partial charge in [0.1, 0.15) is 5.75 Å². The highest BCUT2D eigenvalue weighted by atomic mass is 79.9. The van der Waals surface area contributed by atoms with Crippen molar-refractivity contribution < 1.29 is 9.53 Å². The summed E-state index contributed by atoms with van der Waals surface area (Å²) in [6.45, 7) is 4.60. The van der Waals surface area contributed by atoms with E-state index < -0.39 is 0 Å². The third kappa shape index (κ3) is 3.27. The van der Waals surface area contributed by atoms with E-state index in [1.54, 1.807) is 30.2 Å². The van der Waals surface area contributed by atoms with Crippen molar-refractivity contribution in [2.24, 2.45) is 0 Å². The highest BCUT2D eigenvalue weighted by Crippen LogP contribution is 2.27. The van der Waals surface area contributed by atoms with Crippen molar-refractivity contribution in [3.63, 3.8) is 0 Å². The molecule has 21 heavy (non-hydrogen) atoms. The van der Waals surface area contributed by atoms with Crippen molar-refractivity contribution in [2.75, 3.05) is 18.6 Å². The van der Waals surface area contributed by atoms with Crippen LogP contribution in [0.15, 0.2) is 46.9 Å². The number of amides is 1. The first-order valence-corrected chi connectivity index (χ1v) is 7.58. The van der Waals surface area contributed by atoms with E-state index in [2.05, 4.69) is 15.9 Å². The molecule has 0 radical (unpaired) electrons. The van der Waals surface area contributed by atoms with Crippen LogP contribution in [0.3, 0.4) is 0 Å². The van der Waals surface area contributed by atoms with E-state index in [9.17, 15) is 4.79 Å². The first-order chi connectivity index (χ1) is 10.1. The highest BCUT2D eigenvalue weighted by molar-refractivity contribution is 9.10. The second kappa shape index (κ2) is 6.76. The summed E-state index contributed by atoms with van der Waals surface area (Å²) < 4.78 is 5.97. The lowest BCUT2D eigenvalue weighted by Gasteiger charge is -2.23. The molecule has 0 saturated heterocycles. The molecule has 0 aromatic heterocycles. The molecule has 110 valence electrons. The van der Waals surface area contributed by atoms with Crippen LogP contribution in [0.25, 0.3) is 0 Å². The Kier molecular flexibility index (Phi) is 5.02. The zero-order valence-electron chi connectivity index (χ0n) is 12.4. The molecule has 0 spiro atoms. The van der Waals surface area contributed by atoms with Crippen LogP contribution < -0.4 is 9.64 Å². The predicted octanol–water partition coefficient (Wildman–Crippen LogP) is 4.43. The number of halogens is 1. The maximum Gasteiger partial charge on any atom is 0.258 e.